The minimum Gasteiger partial charge on any atom is -0.494 e. The fourth-order valence-corrected chi connectivity index (χ4v) is 3.49. The van der Waals surface area contributed by atoms with Gasteiger partial charge in [0.05, 0.1) is 17.7 Å². The van der Waals surface area contributed by atoms with Crippen LogP contribution in [-0.2, 0) is 9.59 Å². The maximum atomic E-state index is 12.7. The number of imide groups is 2. The lowest BCUT2D eigenvalue weighted by atomic mass is 10.0. The molecule has 3 rings (SSSR count). The standard InChI is InChI=1S/C20H25N3O5/c1-21-10-4-2-3-5-11-28-13-6-7-14-15(12-13)20(27)23(19(14)26)16-8-9-17(24)22-18(16)25/h6-7,12,16,21H,2-5,8-11H2,1H3,(H,22,24,25). The maximum Gasteiger partial charge on any atom is 0.262 e. The van der Waals surface area contributed by atoms with Crippen molar-refractivity contribution in [2.75, 3.05) is 20.2 Å². The van der Waals surface area contributed by atoms with E-state index >= 15 is 0 Å². The highest BCUT2D eigenvalue weighted by atomic mass is 16.5. The van der Waals surface area contributed by atoms with Gasteiger partial charge in [-0.05, 0) is 51.1 Å². The molecule has 2 aliphatic rings. The van der Waals surface area contributed by atoms with Gasteiger partial charge in [-0.25, -0.2) is 0 Å². The molecule has 2 heterocycles. The van der Waals surface area contributed by atoms with Gasteiger partial charge < -0.3 is 10.1 Å². The van der Waals surface area contributed by atoms with Gasteiger partial charge in [-0.15, -0.1) is 0 Å². The Morgan fingerprint density at radius 2 is 1.82 bits per heavy atom. The smallest absolute Gasteiger partial charge is 0.262 e. The number of rotatable bonds is 9. The predicted octanol–water partition coefficient (Wildman–Crippen LogP) is 1.25. The third-order valence-corrected chi connectivity index (χ3v) is 5.00. The van der Waals surface area contributed by atoms with E-state index in [2.05, 4.69) is 10.6 Å². The summed E-state index contributed by atoms with van der Waals surface area (Å²) in [5, 5.41) is 5.30. The summed E-state index contributed by atoms with van der Waals surface area (Å²) >= 11 is 0. The van der Waals surface area contributed by atoms with Crippen LogP contribution in [0, 0.1) is 0 Å². The van der Waals surface area contributed by atoms with Crippen LogP contribution in [0.25, 0.3) is 0 Å². The zero-order chi connectivity index (χ0) is 20.1. The average molecular weight is 387 g/mol. The van der Waals surface area contributed by atoms with Crippen molar-refractivity contribution in [3.8, 4) is 5.75 Å². The second-order valence-electron chi connectivity index (χ2n) is 7.02. The first-order chi connectivity index (χ1) is 13.5. The van der Waals surface area contributed by atoms with Crippen molar-refractivity contribution in [1.29, 1.82) is 0 Å². The predicted molar refractivity (Wildman–Crippen MR) is 101 cm³/mol. The molecule has 2 N–H and O–H groups in total. The summed E-state index contributed by atoms with van der Waals surface area (Å²) in [6.45, 7) is 1.54. The molecule has 8 nitrogen and oxygen atoms in total. The van der Waals surface area contributed by atoms with Crippen LogP contribution in [-0.4, -0.2) is 54.8 Å². The number of benzene rings is 1. The number of fused-ring (bicyclic) bond motifs is 1. The van der Waals surface area contributed by atoms with Crippen molar-refractivity contribution < 1.29 is 23.9 Å². The molecule has 4 amide bonds. The molecule has 1 aromatic carbocycles. The minimum absolute atomic E-state index is 0.104. The van der Waals surface area contributed by atoms with Crippen LogP contribution in [0.3, 0.4) is 0 Å². The van der Waals surface area contributed by atoms with Crippen LogP contribution < -0.4 is 15.4 Å². The number of hydrogen-bond acceptors (Lipinski definition) is 6. The molecule has 0 aromatic heterocycles. The molecule has 0 bridgehead atoms. The Hall–Kier alpha value is -2.74. The normalized spacial score (nSPS) is 19.0. The number of unbranched alkanes of at least 4 members (excludes halogenated alkanes) is 3. The summed E-state index contributed by atoms with van der Waals surface area (Å²) in [5.41, 5.74) is 0.496. The first-order valence-corrected chi connectivity index (χ1v) is 9.66. The SMILES string of the molecule is CNCCCCCCOc1ccc2c(c1)C(=O)N(C1CCC(=O)NC1=O)C2=O. The van der Waals surface area contributed by atoms with Crippen LogP contribution in [0.4, 0.5) is 0 Å². The molecule has 0 spiro atoms. The maximum absolute atomic E-state index is 12.7. The van der Waals surface area contributed by atoms with Crippen molar-refractivity contribution in [2.24, 2.45) is 0 Å². The van der Waals surface area contributed by atoms with Gasteiger partial charge in [0.25, 0.3) is 11.8 Å². The van der Waals surface area contributed by atoms with E-state index in [0.717, 1.165) is 37.1 Å². The lowest BCUT2D eigenvalue weighted by Gasteiger charge is -2.27. The molecule has 0 saturated carbocycles. The second kappa shape index (κ2) is 8.97. The number of piperidine rings is 1. The molecule has 1 unspecified atom stereocenters. The van der Waals surface area contributed by atoms with Crippen molar-refractivity contribution in [1.82, 2.24) is 15.5 Å². The van der Waals surface area contributed by atoms with Gasteiger partial charge in [0.2, 0.25) is 11.8 Å². The van der Waals surface area contributed by atoms with Gasteiger partial charge in [0.1, 0.15) is 11.8 Å². The van der Waals surface area contributed by atoms with Crippen LogP contribution in [0.15, 0.2) is 18.2 Å². The molecular weight excluding hydrogens is 362 g/mol. The Morgan fingerprint density at radius 3 is 2.57 bits per heavy atom. The Labute approximate surface area is 163 Å². The van der Waals surface area contributed by atoms with Gasteiger partial charge >= 0.3 is 0 Å². The molecule has 28 heavy (non-hydrogen) atoms. The van der Waals surface area contributed by atoms with E-state index < -0.39 is 23.8 Å². The molecule has 150 valence electrons. The highest BCUT2D eigenvalue weighted by molar-refractivity contribution is 6.23. The number of amides is 4. The van der Waals surface area contributed by atoms with E-state index in [1.165, 1.54) is 0 Å². The molecule has 8 heteroatoms. The third kappa shape index (κ3) is 4.22. The molecule has 1 saturated heterocycles. The number of nitrogens with one attached hydrogen (secondary N) is 2. The fraction of sp³-hybridized carbons (Fsp3) is 0.500. The van der Waals surface area contributed by atoms with Crippen LogP contribution in [0.1, 0.15) is 59.2 Å². The highest BCUT2D eigenvalue weighted by Gasteiger charge is 2.44. The van der Waals surface area contributed by atoms with Crippen molar-refractivity contribution in [3.63, 3.8) is 0 Å². The monoisotopic (exact) mass is 387 g/mol. The topological polar surface area (TPSA) is 105 Å². The number of carbonyl (C=O) groups is 4. The van der Waals surface area contributed by atoms with Crippen molar-refractivity contribution in [2.45, 2.75) is 44.6 Å². The van der Waals surface area contributed by atoms with E-state index in [1.54, 1.807) is 18.2 Å². The van der Waals surface area contributed by atoms with E-state index in [-0.39, 0.29) is 29.9 Å². The summed E-state index contributed by atoms with van der Waals surface area (Å²) in [7, 11) is 1.93. The molecule has 0 aliphatic carbocycles. The molecule has 0 radical (unpaired) electrons. The summed E-state index contributed by atoms with van der Waals surface area (Å²) in [5.74, 6) is -1.50. The van der Waals surface area contributed by atoms with Gasteiger partial charge in [-0.1, -0.05) is 12.8 Å². The van der Waals surface area contributed by atoms with Crippen molar-refractivity contribution >= 4 is 23.6 Å². The first-order valence-electron chi connectivity index (χ1n) is 9.66. The Bertz CT molecular complexity index is 792. The zero-order valence-electron chi connectivity index (χ0n) is 16.0. The summed E-state index contributed by atoms with van der Waals surface area (Å²) in [6, 6.07) is 3.83. The Kier molecular flexibility index (Phi) is 6.41. The Morgan fingerprint density at radius 1 is 1.07 bits per heavy atom. The molecule has 1 aromatic rings. The van der Waals surface area contributed by atoms with Gasteiger partial charge in [0, 0.05) is 6.42 Å². The quantitative estimate of drug-likeness (QED) is 0.488. The molecular formula is C20H25N3O5. The van der Waals surface area contributed by atoms with Crippen LogP contribution in [0.2, 0.25) is 0 Å². The van der Waals surface area contributed by atoms with E-state index in [9.17, 15) is 19.2 Å². The summed E-state index contributed by atoms with van der Waals surface area (Å²) in [4.78, 5) is 49.7. The summed E-state index contributed by atoms with van der Waals surface area (Å²) in [6.07, 6.45) is 4.48. The lowest BCUT2D eigenvalue weighted by molar-refractivity contribution is -0.136. The zero-order valence-corrected chi connectivity index (χ0v) is 16.0. The second-order valence-corrected chi connectivity index (χ2v) is 7.02. The molecule has 1 atom stereocenters. The van der Waals surface area contributed by atoms with E-state index in [0.29, 0.717) is 12.4 Å². The van der Waals surface area contributed by atoms with E-state index in [1.807, 2.05) is 7.05 Å². The third-order valence-electron chi connectivity index (χ3n) is 5.00. The Balaban J connectivity index is 1.60. The number of carbonyl (C=O) groups excluding carboxylic acids is 4. The number of ether oxygens (including phenoxy) is 1. The van der Waals surface area contributed by atoms with Crippen LogP contribution in [0.5, 0.6) is 5.75 Å². The highest BCUT2D eigenvalue weighted by Crippen LogP contribution is 2.30. The van der Waals surface area contributed by atoms with Crippen LogP contribution >= 0.6 is 0 Å². The minimum atomic E-state index is -0.952. The van der Waals surface area contributed by atoms with Crippen molar-refractivity contribution in [3.05, 3.63) is 29.3 Å². The average Bonchev–Trinajstić information content (AvgIpc) is 2.92. The number of hydrogen-bond donors (Lipinski definition) is 2. The fourth-order valence-electron chi connectivity index (χ4n) is 3.49. The largest absolute Gasteiger partial charge is 0.494 e. The van der Waals surface area contributed by atoms with E-state index in [4.69, 9.17) is 4.74 Å². The molecule has 1 fully saturated rings. The summed E-state index contributed by atoms with van der Waals surface area (Å²) < 4.78 is 5.72. The van der Waals surface area contributed by atoms with Gasteiger partial charge in [-0.3, -0.25) is 29.4 Å². The molecule has 2 aliphatic heterocycles. The lowest BCUT2D eigenvalue weighted by Crippen LogP contribution is -2.54. The number of nitrogens with zero attached hydrogens (tertiary/aromatic N) is 1. The van der Waals surface area contributed by atoms with Gasteiger partial charge in [-0.2, -0.15) is 0 Å². The van der Waals surface area contributed by atoms with Gasteiger partial charge in [0.15, 0.2) is 0 Å². The first kappa shape index (κ1) is 20.0.